The highest BCUT2D eigenvalue weighted by Gasteiger charge is 2.22. The second-order valence-electron chi connectivity index (χ2n) is 3.45. The number of nitrogen functional groups attached to an aromatic ring is 1. The van der Waals surface area contributed by atoms with Gasteiger partial charge < -0.3 is 15.6 Å². The molecule has 1 fully saturated rings. The molecule has 1 aliphatic carbocycles. The van der Waals surface area contributed by atoms with Gasteiger partial charge in [0, 0.05) is 0 Å². The number of phenolic OH excluding ortho intramolecular Hbond substituents is 1. The van der Waals surface area contributed by atoms with Crippen LogP contribution in [0.5, 0.6) is 11.5 Å². The molecule has 13 heavy (non-hydrogen) atoms. The zero-order valence-corrected chi connectivity index (χ0v) is 7.36. The Morgan fingerprint density at radius 2 is 2.23 bits per heavy atom. The molecular formula is C10H13NO2. The van der Waals surface area contributed by atoms with Gasteiger partial charge in [0.2, 0.25) is 0 Å². The lowest BCUT2D eigenvalue weighted by atomic mass is 10.3. The van der Waals surface area contributed by atoms with Gasteiger partial charge in [-0.15, -0.1) is 0 Å². The van der Waals surface area contributed by atoms with Crippen molar-refractivity contribution in [3.63, 3.8) is 0 Å². The minimum atomic E-state index is 0.0585. The van der Waals surface area contributed by atoms with E-state index in [9.17, 15) is 5.11 Å². The lowest BCUT2D eigenvalue weighted by Gasteiger charge is -2.08. The number of rotatable bonds is 3. The van der Waals surface area contributed by atoms with Gasteiger partial charge in [-0.2, -0.15) is 0 Å². The second-order valence-corrected chi connectivity index (χ2v) is 3.45. The largest absolute Gasteiger partial charge is 0.503 e. The first kappa shape index (κ1) is 8.23. The van der Waals surface area contributed by atoms with E-state index in [1.54, 1.807) is 18.2 Å². The number of phenols is 1. The molecule has 0 bridgehead atoms. The van der Waals surface area contributed by atoms with E-state index in [0.717, 1.165) is 0 Å². The van der Waals surface area contributed by atoms with Crippen LogP contribution in [0.3, 0.4) is 0 Å². The highest BCUT2D eigenvalue weighted by molar-refractivity contribution is 5.58. The topological polar surface area (TPSA) is 55.5 Å². The summed E-state index contributed by atoms with van der Waals surface area (Å²) in [5, 5.41) is 9.48. The van der Waals surface area contributed by atoms with Gasteiger partial charge in [-0.25, -0.2) is 0 Å². The summed E-state index contributed by atoms with van der Waals surface area (Å²) >= 11 is 0. The van der Waals surface area contributed by atoms with Crippen LogP contribution < -0.4 is 10.5 Å². The second kappa shape index (κ2) is 3.17. The molecule has 0 saturated heterocycles. The molecule has 0 aromatic heterocycles. The molecule has 3 heteroatoms. The van der Waals surface area contributed by atoms with Crippen molar-refractivity contribution >= 4 is 5.69 Å². The zero-order chi connectivity index (χ0) is 9.26. The number of ether oxygens (including phenoxy) is 1. The first-order valence-corrected chi connectivity index (χ1v) is 4.47. The summed E-state index contributed by atoms with van der Waals surface area (Å²) in [5.74, 6) is 1.23. The summed E-state index contributed by atoms with van der Waals surface area (Å²) < 4.78 is 5.41. The summed E-state index contributed by atoms with van der Waals surface area (Å²) in [6.45, 7) is 0.691. The monoisotopic (exact) mass is 179 g/mol. The molecule has 0 atom stereocenters. The van der Waals surface area contributed by atoms with Gasteiger partial charge in [0.1, 0.15) is 0 Å². The molecule has 0 amide bonds. The Kier molecular flexibility index (Phi) is 2.00. The minimum Gasteiger partial charge on any atom is -0.503 e. The van der Waals surface area contributed by atoms with Gasteiger partial charge in [0.05, 0.1) is 12.3 Å². The molecule has 1 aromatic rings. The molecule has 70 valence electrons. The molecule has 0 unspecified atom stereocenters. The number of nitrogens with two attached hydrogens (primary N) is 1. The quantitative estimate of drug-likeness (QED) is 0.549. The van der Waals surface area contributed by atoms with E-state index in [-0.39, 0.29) is 5.75 Å². The first-order valence-electron chi connectivity index (χ1n) is 4.47. The summed E-state index contributed by atoms with van der Waals surface area (Å²) in [7, 11) is 0. The van der Waals surface area contributed by atoms with Crippen LogP contribution in [0.25, 0.3) is 0 Å². The van der Waals surface area contributed by atoms with Crippen LogP contribution in [0.1, 0.15) is 12.8 Å². The van der Waals surface area contributed by atoms with E-state index in [2.05, 4.69) is 0 Å². The molecule has 0 radical (unpaired) electrons. The van der Waals surface area contributed by atoms with Crippen LogP contribution in [0.2, 0.25) is 0 Å². The minimum absolute atomic E-state index is 0.0585. The van der Waals surface area contributed by atoms with Gasteiger partial charge in [-0.3, -0.25) is 0 Å². The summed E-state index contributed by atoms with van der Waals surface area (Å²) in [6, 6.07) is 5.16. The Hall–Kier alpha value is -1.38. The smallest absolute Gasteiger partial charge is 0.181 e. The zero-order valence-electron chi connectivity index (χ0n) is 7.36. The third kappa shape index (κ3) is 1.86. The highest BCUT2D eigenvalue weighted by Crippen LogP contribution is 2.34. The van der Waals surface area contributed by atoms with Crippen molar-refractivity contribution in [2.45, 2.75) is 12.8 Å². The number of hydrogen-bond acceptors (Lipinski definition) is 3. The lowest BCUT2D eigenvalue weighted by Crippen LogP contribution is -1.99. The van der Waals surface area contributed by atoms with Crippen molar-refractivity contribution in [2.24, 2.45) is 5.92 Å². The van der Waals surface area contributed by atoms with E-state index in [1.807, 2.05) is 0 Å². The van der Waals surface area contributed by atoms with Crippen LogP contribution >= 0.6 is 0 Å². The number of anilines is 1. The van der Waals surface area contributed by atoms with Gasteiger partial charge in [0.15, 0.2) is 11.5 Å². The Morgan fingerprint density at radius 3 is 2.92 bits per heavy atom. The SMILES string of the molecule is Nc1cccc(OCC2CC2)c1O. The maximum Gasteiger partial charge on any atom is 0.181 e. The van der Waals surface area contributed by atoms with E-state index in [0.29, 0.717) is 24.0 Å². The molecule has 0 spiro atoms. The first-order chi connectivity index (χ1) is 6.27. The molecule has 1 saturated carbocycles. The fourth-order valence-electron chi connectivity index (χ4n) is 1.15. The molecule has 1 aromatic carbocycles. The van der Waals surface area contributed by atoms with Crippen molar-refractivity contribution in [2.75, 3.05) is 12.3 Å². The van der Waals surface area contributed by atoms with Crippen LogP contribution in [0, 0.1) is 5.92 Å². The van der Waals surface area contributed by atoms with Crippen LogP contribution in [-0.2, 0) is 0 Å². The number of hydrogen-bond donors (Lipinski definition) is 2. The number of para-hydroxylation sites is 1. The average molecular weight is 179 g/mol. The third-order valence-corrected chi connectivity index (χ3v) is 2.20. The maximum atomic E-state index is 9.48. The van der Waals surface area contributed by atoms with Crippen LogP contribution in [-0.4, -0.2) is 11.7 Å². The number of benzene rings is 1. The fourth-order valence-corrected chi connectivity index (χ4v) is 1.15. The molecule has 1 aliphatic rings. The van der Waals surface area contributed by atoms with E-state index in [1.165, 1.54) is 12.8 Å². The van der Waals surface area contributed by atoms with Crippen LogP contribution in [0.15, 0.2) is 18.2 Å². The fraction of sp³-hybridized carbons (Fsp3) is 0.400. The van der Waals surface area contributed by atoms with Crippen molar-refractivity contribution in [1.29, 1.82) is 0 Å². The van der Waals surface area contributed by atoms with Crippen molar-refractivity contribution in [3.8, 4) is 11.5 Å². The molecule has 3 N–H and O–H groups in total. The molecule has 0 aliphatic heterocycles. The summed E-state index contributed by atoms with van der Waals surface area (Å²) in [6.07, 6.45) is 2.48. The predicted octanol–water partition coefficient (Wildman–Crippen LogP) is 1.76. The Bertz CT molecular complexity index is 308. The maximum absolute atomic E-state index is 9.48. The summed E-state index contributed by atoms with van der Waals surface area (Å²) in [4.78, 5) is 0. The summed E-state index contributed by atoms with van der Waals surface area (Å²) in [5.41, 5.74) is 5.88. The third-order valence-electron chi connectivity index (χ3n) is 2.20. The van der Waals surface area contributed by atoms with E-state index < -0.39 is 0 Å². The van der Waals surface area contributed by atoms with Gasteiger partial charge in [-0.1, -0.05) is 6.07 Å². The molecule has 3 nitrogen and oxygen atoms in total. The van der Waals surface area contributed by atoms with Gasteiger partial charge in [0.25, 0.3) is 0 Å². The van der Waals surface area contributed by atoms with Gasteiger partial charge in [-0.05, 0) is 30.9 Å². The number of aromatic hydroxyl groups is 1. The van der Waals surface area contributed by atoms with Crippen molar-refractivity contribution < 1.29 is 9.84 Å². The normalized spacial score (nSPS) is 15.7. The van der Waals surface area contributed by atoms with Gasteiger partial charge >= 0.3 is 0 Å². The molecular weight excluding hydrogens is 166 g/mol. The highest BCUT2D eigenvalue weighted by atomic mass is 16.5. The Labute approximate surface area is 77.1 Å². The average Bonchev–Trinajstić information content (AvgIpc) is 2.91. The van der Waals surface area contributed by atoms with E-state index >= 15 is 0 Å². The molecule has 0 heterocycles. The molecule has 2 rings (SSSR count). The van der Waals surface area contributed by atoms with E-state index in [4.69, 9.17) is 10.5 Å². The Morgan fingerprint density at radius 1 is 1.46 bits per heavy atom. The van der Waals surface area contributed by atoms with Crippen molar-refractivity contribution in [3.05, 3.63) is 18.2 Å². The predicted molar refractivity (Wildman–Crippen MR) is 50.7 cm³/mol. The Balaban J connectivity index is 2.05. The van der Waals surface area contributed by atoms with Crippen molar-refractivity contribution in [1.82, 2.24) is 0 Å². The standard InChI is InChI=1S/C10H13NO2/c11-8-2-1-3-9(10(8)12)13-6-7-4-5-7/h1-3,7,12H,4-6,11H2. The lowest BCUT2D eigenvalue weighted by molar-refractivity contribution is 0.285. The van der Waals surface area contributed by atoms with Crippen LogP contribution in [0.4, 0.5) is 5.69 Å².